The predicted octanol–water partition coefficient (Wildman–Crippen LogP) is 6.47. The molecule has 0 nitrogen and oxygen atoms in total. The molecule has 2 aromatic rings. The van der Waals surface area contributed by atoms with Gasteiger partial charge in [-0.15, -0.1) is 23.3 Å². The largest absolute Gasteiger partial charge is 0.269 e. The zero-order valence-corrected chi connectivity index (χ0v) is 19.7. The predicted molar refractivity (Wildman–Crippen MR) is 104 cm³/mol. The molecule has 0 N–H and O–H groups in total. The van der Waals surface area contributed by atoms with Crippen molar-refractivity contribution in [1.29, 1.82) is 0 Å². The van der Waals surface area contributed by atoms with Crippen LogP contribution in [0, 0.1) is 39.8 Å². The number of rotatable bonds is 0. The van der Waals surface area contributed by atoms with Crippen molar-refractivity contribution in [3.05, 3.63) is 80.9 Å². The molecule has 0 bridgehead atoms. The minimum Gasteiger partial charge on any atom is -0.269 e. The number of hydrogen-bond donors (Lipinski definition) is 0. The van der Waals surface area contributed by atoms with Crippen LogP contribution in [0.2, 0.25) is 0 Å². The van der Waals surface area contributed by atoms with E-state index in [0.717, 1.165) is 0 Å². The minimum absolute atomic E-state index is 0. The molecule has 2 aliphatic carbocycles. The normalized spacial score (nSPS) is 19.0. The first-order chi connectivity index (χ1) is 11.4. The molecule has 128 valence electrons. The van der Waals surface area contributed by atoms with E-state index in [-0.39, 0.29) is 25.8 Å². The molecule has 0 fully saturated rings. The first kappa shape index (κ1) is 20.1. The summed E-state index contributed by atoms with van der Waals surface area (Å²) in [5.74, 6) is 0.971. The first-order valence-corrected chi connectivity index (χ1v) is 8.77. The first-order valence-electron chi connectivity index (χ1n) is 8.77. The van der Waals surface area contributed by atoms with Gasteiger partial charge >= 0.3 is 0 Å². The van der Waals surface area contributed by atoms with E-state index >= 15 is 0 Å². The third-order valence-electron chi connectivity index (χ3n) is 5.31. The zero-order chi connectivity index (χ0) is 17.4. The van der Waals surface area contributed by atoms with Gasteiger partial charge in [0.1, 0.15) is 0 Å². The number of aryl methyl sites for hydroxylation is 4. The average Bonchev–Trinajstić information content (AvgIpc) is 3.06. The fourth-order valence-electron chi connectivity index (χ4n) is 3.33. The average molecular weight is 493 g/mol. The maximum Gasteiger partial charge on any atom is 0 e. The molecule has 0 aromatic heterocycles. The second kappa shape index (κ2) is 7.99. The van der Waals surface area contributed by atoms with Gasteiger partial charge in [-0.2, -0.15) is 11.1 Å². The molecular formula is C24H26Hf-2. The van der Waals surface area contributed by atoms with E-state index in [1.165, 1.54) is 44.5 Å². The Balaban J connectivity index is 0.000000173. The SMILES string of the molecule is Cc1cc2c(cc1C)C(C)[C-]=C2.Cc1cc2c(cc1C)C(C)[C-]=C2.[Hf]. The Kier molecular flexibility index (Phi) is 6.43. The fraction of sp³-hybridized carbons (Fsp3) is 0.333. The van der Waals surface area contributed by atoms with Gasteiger partial charge in [0.15, 0.2) is 0 Å². The third kappa shape index (κ3) is 4.14. The van der Waals surface area contributed by atoms with Gasteiger partial charge in [0.25, 0.3) is 0 Å². The van der Waals surface area contributed by atoms with Crippen molar-refractivity contribution >= 4 is 12.2 Å². The van der Waals surface area contributed by atoms with Crippen LogP contribution < -0.4 is 0 Å². The van der Waals surface area contributed by atoms with Crippen LogP contribution in [0.3, 0.4) is 0 Å². The van der Waals surface area contributed by atoms with Crippen LogP contribution in [0.1, 0.15) is 70.2 Å². The van der Waals surface area contributed by atoms with E-state index in [4.69, 9.17) is 0 Å². The second-order valence-corrected chi connectivity index (χ2v) is 7.20. The van der Waals surface area contributed by atoms with Crippen LogP contribution >= 0.6 is 0 Å². The van der Waals surface area contributed by atoms with E-state index in [2.05, 4.69) is 90.1 Å². The van der Waals surface area contributed by atoms with Crippen molar-refractivity contribution in [2.24, 2.45) is 0 Å². The summed E-state index contributed by atoms with van der Waals surface area (Å²) in [5, 5.41) is 0. The molecule has 0 amide bonds. The maximum atomic E-state index is 3.31. The minimum atomic E-state index is 0. The molecule has 0 heterocycles. The van der Waals surface area contributed by atoms with Crippen LogP contribution in [0.4, 0.5) is 0 Å². The van der Waals surface area contributed by atoms with Crippen LogP contribution in [0.5, 0.6) is 0 Å². The Hall–Kier alpha value is -1.21. The van der Waals surface area contributed by atoms with Gasteiger partial charge in [0.2, 0.25) is 0 Å². The Morgan fingerprint density at radius 3 is 1.28 bits per heavy atom. The Bertz CT molecular complexity index is 768. The Labute approximate surface area is 171 Å². The van der Waals surface area contributed by atoms with E-state index < -0.39 is 0 Å². The summed E-state index contributed by atoms with van der Waals surface area (Å²) in [7, 11) is 0. The van der Waals surface area contributed by atoms with Crippen molar-refractivity contribution < 1.29 is 25.8 Å². The molecule has 0 spiro atoms. The van der Waals surface area contributed by atoms with Crippen molar-refractivity contribution in [2.45, 2.75) is 53.4 Å². The van der Waals surface area contributed by atoms with E-state index in [0.29, 0.717) is 11.8 Å². The summed E-state index contributed by atoms with van der Waals surface area (Å²) < 4.78 is 0. The molecule has 0 saturated heterocycles. The van der Waals surface area contributed by atoms with Crippen molar-refractivity contribution in [3.8, 4) is 0 Å². The van der Waals surface area contributed by atoms with Gasteiger partial charge in [-0.3, -0.25) is 12.2 Å². The van der Waals surface area contributed by atoms with Crippen LogP contribution in [0.25, 0.3) is 12.2 Å². The molecule has 2 aliphatic rings. The zero-order valence-electron chi connectivity index (χ0n) is 16.1. The summed E-state index contributed by atoms with van der Waals surface area (Å²) >= 11 is 0. The molecule has 4 rings (SSSR count). The second-order valence-electron chi connectivity index (χ2n) is 7.20. The standard InChI is InChI=1S/2C12H13.Hf/c2*1-8-4-5-11-6-9(2)10(3)7-12(8)11;/h2*5-8H,1-3H3;/q2*-1;. The molecule has 2 atom stereocenters. The van der Waals surface area contributed by atoms with E-state index in [9.17, 15) is 0 Å². The summed E-state index contributed by atoms with van der Waals surface area (Å²) in [5.41, 5.74) is 11.1. The quantitative estimate of drug-likeness (QED) is 0.292. The fourth-order valence-corrected chi connectivity index (χ4v) is 3.33. The third-order valence-corrected chi connectivity index (χ3v) is 5.31. The van der Waals surface area contributed by atoms with E-state index in [1.807, 2.05) is 0 Å². The maximum absolute atomic E-state index is 3.31. The summed E-state index contributed by atoms with van der Waals surface area (Å²) in [4.78, 5) is 0. The van der Waals surface area contributed by atoms with Gasteiger partial charge in [0.05, 0.1) is 0 Å². The summed E-state index contributed by atoms with van der Waals surface area (Å²) in [6, 6.07) is 9.07. The van der Waals surface area contributed by atoms with Crippen molar-refractivity contribution in [2.75, 3.05) is 0 Å². The van der Waals surface area contributed by atoms with Gasteiger partial charge in [-0.1, -0.05) is 60.1 Å². The number of hydrogen-bond acceptors (Lipinski definition) is 0. The monoisotopic (exact) mass is 494 g/mol. The van der Waals surface area contributed by atoms with Crippen molar-refractivity contribution in [1.82, 2.24) is 0 Å². The smallest absolute Gasteiger partial charge is 0 e. The van der Waals surface area contributed by atoms with Gasteiger partial charge in [-0.05, 0) is 27.7 Å². The number of fused-ring (bicyclic) bond motifs is 2. The van der Waals surface area contributed by atoms with Crippen LogP contribution in [0.15, 0.2) is 24.3 Å². The molecule has 0 radical (unpaired) electrons. The molecule has 2 unspecified atom stereocenters. The van der Waals surface area contributed by atoms with E-state index in [1.54, 1.807) is 0 Å². The topological polar surface area (TPSA) is 0 Å². The van der Waals surface area contributed by atoms with Crippen molar-refractivity contribution in [3.63, 3.8) is 0 Å². The molecular weight excluding hydrogens is 467 g/mol. The molecule has 0 saturated carbocycles. The van der Waals surface area contributed by atoms with Crippen LogP contribution in [-0.2, 0) is 25.8 Å². The number of benzene rings is 2. The molecule has 1 heteroatoms. The summed E-state index contributed by atoms with van der Waals surface area (Å²) in [6.45, 7) is 13.0. The molecule has 25 heavy (non-hydrogen) atoms. The Morgan fingerprint density at radius 1 is 0.600 bits per heavy atom. The van der Waals surface area contributed by atoms with Crippen LogP contribution in [-0.4, -0.2) is 0 Å². The summed E-state index contributed by atoms with van der Waals surface area (Å²) in [6.07, 6.45) is 10.8. The molecule has 2 aromatic carbocycles. The van der Waals surface area contributed by atoms with Gasteiger partial charge in [-0.25, -0.2) is 12.2 Å². The van der Waals surface area contributed by atoms with Gasteiger partial charge < -0.3 is 0 Å². The van der Waals surface area contributed by atoms with Gasteiger partial charge in [0, 0.05) is 25.8 Å². The molecule has 0 aliphatic heterocycles. The number of allylic oxidation sites excluding steroid dienone is 2. The Morgan fingerprint density at radius 2 is 0.920 bits per heavy atom.